The van der Waals surface area contributed by atoms with Crippen LogP contribution in [0, 0.1) is 18.3 Å². The monoisotopic (exact) mass is 460 g/mol. The third-order valence-corrected chi connectivity index (χ3v) is 5.30. The number of carbonyl (C=O) groups excluding carboxylic acids is 2. The van der Waals surface area contributed by atoms with Crippen LogP contribution in [0.1, 0.15) is 49.2 Å². The minimum absolute atomic E-state index is 0.193. The number of hydrogen-bond acceptors (Lipinski definition) is 5. The summed E-state index contributed by atoms with van der Waals surface area (Å²) in [6.07, 6.45) is 0.349. The molecule has 9 heteroatoms. The smallest absolute Gasteiger partial charge is 0.251 e. The van der Waals surface area contributed by atoms with Gasteiger partial charge in [0.05, 0.1) is 5.41 Å². The van der Waals surface area contributed by atoms with Gasteiger partial charge in [0.15, 0.2) is 0 Å². The molecule has 0 radical (unpaired) electrons. The molecule has 0 fully saturated rings. The molecule has 7 nitrogen and oxygen atoms in total. The highest BCUT2D eigenvalue weighted by Crippen LogP contribution is 2.33. The Balaban J connectivity index is 2.00. The number of pyridine rings is 2. The van der Waals surface area contributed by atoms with Crippen molar-refractivity contribution < 1.29 is 23.1 Å². The largest absolute Gasteiger partial charge is 0.476 e. The highest BCUT2D eigenvalue weighted by Gasteiger charge is 2.37. The molecule has 0 saturated heterocycles. The Kier molecular flexibility index (Phi) is 8.62. The summed E-state index contributed by atoms with van der Waals surface area (Å²) in [5.74, 6) is -0.203. The molecule has 178 valence electrons. The van der Waals surface area contributed by atoms with E-state index in [-0.39, 0.29) is 36.8 Å². The SMILES string of the molecule is C=C(C)C(C)(COc1ncc(CNC(=O)c2ccnc(NC(=O)C(C)C)c2)cc1C)C(F)F. The van der Waals surface area contributed by atoms with Crippen LogP contribution >= 0.6 is 0 Å². The summed E-state index contributed by atoms with van der Waals surface area (Å²) < 4.78 is 32.4. The predicted octanol–water partition coefficient (Wildman–Crippen LogP) is 4.54. The number of rotatable bonds is 10. The molecule has 2 aromatic heterocycles. The second-order valence-electron chi connectivity index (χ2n) is 8.51. The molecule has 0 aliphatic rings. The number of amides is 2. The van der Waals surface area contributed by atoms with E-state index >= 15 is 0 Å². The molecule has 33 heavy (non-hydrogen) atoms. The number of alkyl halides is 2. The Morgan fingerprint density at radius 3 is 2.52 bits per heavy atom. The Morgan fingerprint density at radius 1 is 1.24 bits per heavy atom. The Hall–Kier alpha value is -3.36. The lowest BCUT2D eigenvalue weighted by Gasteiger charge is -2.29. The van der Waals surface area contributed by atoms with E-state index in [0.717, 1.165) is 0 Å². The van der Waals surface area contributed by atoms with Crippen molar-refractivity contribution in [1.29, 1.82) is 0 Å². The van der Waals surface area contributed by atoms with Crippen LogP contribution in [0.4, 0.5) is 14.6 Å². The van der Waals surface area contributed by atoms with Gasteiger partial charge in [0, 0.05) is 36.0 Å². The Morgan fingerprint density at radius 2 is 1.94 bits per heavy atom. The number of halogens is 2. The summed E-state index contributed by atoms with van der Waals surface area (Å²) >= 11 is 0. The molecular weight excluding hydrogens is 430 g/mol. The minimum Gasteiger partial charge on any atom is -0.476 e. The maximum atomic E-state index is 13.4. The van der Waals surface area contributed by atoms with Crippen molar-refractivity contribution >= 4 is 17.6 Å². The second kappa shape index (κ2) is 11.0. The van der Waals surface area contributed by atoms with Gasteiger partial charge in [-0.25, -0.2) is 18.7 Å². The molecule has 0 aromatic carbocycles. The van der Waals surface area contributed by atoms with E-state index in [2.05, 4.69) is 27.2 Å². The molecule has 1 unspecified atom stereocenters. The van der Waals surface area contributed by atoms with Gasteiger partial charge in [0.25, 0.3) is 12.3 Å². The van der Waals surface area contributed by atoms with Gasteiger partial charge in [-0.15, -0.1) is 0 Å². The number of carbonyl (C=O) groups is 2. The normalized spacial score (nSPS) is 12.9. The van der Waals surface area contributed by atoms with Crippen LogP contribution in [0.25, 0.3) is 0 Å². The van der Waals surface area contributed by atoms with Gasteiger partial charge in [-0.1, -0.05) is 26.0 Å². The predicted molar refractivity (Wildman–Crippen MR) is 122 cm³/mol. The quantitative estimate of drug-likeness (QED) is 0.508. The number of hydrogen-bond donors (Lipinski definition) is 2. The van der Waals surface area contributed by atoms with Crippen molar-refractivity contribution in [1.82, 2.24) is 15.3 Å². The lowest BCUT2D eigenvalue weighted by molar-refractivity contribution is -0.118. The van der Waals surface area contributed by atoms with E-state index < -0.39 is 11.8 Å². The fourth-order valence-corrected chi connectivity index (χ4v) is 2.65. The minimum atomic E-state index is -2.61. The van der Waals surface area contributed by atoms with Crippen LogP contribution in [0.5, 0.6) is 5.88 Å². The Labute approximate surface area is 192 Å². The molecule has 0 saturated carbocycles. The number of nitrogens with one attached hydrogen (secondary N) is 2. The van der Waals surface area contributed by atoms with Crippen LogP contribution in [-0.4, -0.2) is 34.8 Å². The maximum absolute atomic E-state index is 13.4. The van der Waals surface area contributed by atoms with Gasteiger partial charge >= 0.3 is 0 Å². The van der Waals surface area contributed by atoms with Crippen molar-refractivity contribution in [2.45, 2.75) is 47.6 Å². The number of nitrogens with zero attached hydrogens (tertiary/aromatic N) is 2. The number of aromatic nitrogens is 2. The van der Waals surface area contributed by atoms with E-state index in [0.29, 0.717) is 28.1 Å². The molecule has 0 bridgehead atoms. The lowest BCUT2D eigenvalue weighted by atomic mass is 9.85. The van der Waals surface area contributed by atoms with Gasteiger partial charge in [0.1, 0.15) is 12.4 Å². The highest BCUT2D eigenvalue weighted by molar-refractivity contribution is 5.96. The Bertz CT molecular complexity index is 1030. The van der Waals surface area contributed by atoms with E-state index in [1.54, 1.807) is 39.8 Å². The van der Waals surface area contributed by atoms with Gasteiger partial charge in [-0.3, -0.25) is 9.59 Å². The van der Waals surface area contributed by atoms with Crippen LogP contribution in [0.15, 0.2) is 42.7 Å². The third-order valence-electron chi connectivity index (χ3n) is 5.30. The van der Waals surface area contributed by atoms with Gasteiger partial charge in [-0.2, -0.15) is 0 Å². The zero-order valence-electron chi connectivity index (χ0n) is 19.5. The second-order valence-corrected chi connectivity index (χ2v) is 8.51. The average molecular weight is 461 g/mol. The summed E-state index contributed by atoms with van der Waals surface area (Å²) in [6, 6.07) is 4.81. The van der Waals surface area contributed by atoms with Crippen LogP contribution in [0.2, 0.25) is 0 Å². The zero-order chi connectivity index (χ0) is 24.8. The first kappa shape index (κ1) is 25.9. The fourth-order valence-electron chi connectivity index (χ4n) is 2.65. The lowest BCUT2D eigenvalue weighted by Crippen LogP contribution is -2.34. The molecule has 1 atom stereocenters. The van der Waals surface area contributed by atoms with Gasteiger partial charge in [0.2, 0.25) is 11.8 Å². The summed E-state index contributed by atoms with van der Waals surface area (Å²) in [6.45, 7) is 11.8. The van der Waals surface area contributed by atoms with Gasteiger partial charge < -0.3 is 15.4 Å². The average Bonchev–Trinajstić information content (AvgIpc) is 2.76. The molecular formula is C24H30F2N4O3. The summed E-state index contributed by atoms with van der Waals surface area (Å²) in [7, 11) is 0. The van der Waals surface area contributed by atoms with E-state index in [9.17, 15) is 18.4 Å². The molecule has 0 aliphatic carbocycles. The van der Waals surface area contributed by atoms with Crippen LogP contribution in [0.3, 0.4) is 0 Å². The molecule has 2 N–H and O–H groups in total. The third kappa shape index (κ3) is 6.81. The molecule has 0 spiro atoms. The first-order chi connectivity index (χ1) is 15.4. The molecule has 2 rings (SSSR count). The molecule has 2 amide bonds. The van der Waals surface area contributed by atoms with E-state index in [4.69, 9.17) is 4.74 Å². The molecule has 0 aliphatic heterocycles. The van der Waals surface area contributed by atoms with Crippen molar-refractivity contribution in [2.75, 3.05) is 11.9 Å². The fraction of sp³-hybridized carbons (Fsp3) is 0.417. The van der Waals surface area contributed by atoms with Crippen LogP contribution < -0.4 is 15.4 Å². The standard InChI is InChI=1S/C24H30F2N4O3/c1-14(2)20(31)30-19-10-18(7-8-27-19)21(32)28-11-17-9-16(5)22(29-12-17)33-13-24(6,15(3)4)23(25)26/h7-10,12,14,23H,3,11,13H2,1-2,4-6H3,(H,28,32)(H,27,30,31). The van der Waals surface area contributed by atoms with Crippen LogP contribution in [-0.2, 0) is 11.3 Å². The maximum Gasteiger partial charge on any atom is 0.251 e. The molecule has 2 aromatic rings. The van der Waals surface area contributed by atoms with Crippen molar-refractivity contribution in [3.63, 3.8) is 0 Å². The first-order valence-electron chi connectivity index (χ1n) is 10.5. The van der Waals surface area contributed by atoms with E-state index in [1.165, 1.54) is 25.4 Å². The van der Waals surface area contributed by atoms with Gasteiger partial charge in [-0.05, 0) is 44.5 Å². The van der Waals surface area contributed by atoms with Crippen molar-refractivity contribution in [3.05, 3.63) is 59.4 Å². The van der Waals surface area contributed by atoms with E-state index in [1.807, 2.05) is 0 Å². The summed E-state index contributed by atoms with van der Waals surface area (Å²) in [4.78, 5) is 32.6. The highest BCUT2D eigenvalue weighted by atomic mass is 19.3. The number of aryl methyl sites for hydroxylation is 1. The summed E-state index contributed by atoms with van der Waals surface area (Å²) in [5, 5.41) is 5.43. The number of ether oxygens (including phenoxy) is 1. The summed E-state index contributed by atoms with van der Waals surface area (Å²) in [5.41, 5.74) is 0.575. The topological polar surface area (TPSA) is 93.2 Å². The number of anilines is 1. The first-order valence-corrected chi connectivity index (χ1v) is 10.5. The zero-order valence-corrected chi connectivity index (χ0v) is 19.5. The molecule has 2 heterocycles. The van der Waals surface area contributed by atoms with Crippen molar-refractivity contribution in [2.24, 2.45) is 11.3 Å². The van der Waals surface area contributed by atoms with Crippen molar-refractivity contribution in [3.8, 4) is 5.88 Å².